The van der Waals surface area contributed by atoms with Crippen LogP contribution in [-0.2, 0) is 19.9 Å². The third-order valence-electron chi connectivity index (χ3n) is 3.62. The summed E-state index contributed by atoms with van der Waals surface area (Å²) in [7, 11) is 1.15. The van der Waals surface area contributed by atoms with Crippen molar-refractivity contribution in [1.82, 2.24) is 16.0 Å². The highest BCUT2D eigenvalue weighted by Crippen LogP contribution is 2.30. The summed E-state index contributed by atoms with van der Waals surface area (Å²) >= 11 is 0. The number of esters is 1. The van der Waals surface area contributed by atoms with Crippen LogP contribution in [0.25, 0.3) is 0 Å². The molecule has 0 aromatic heterocycles. The maximum atomic E-state index is 12.1. The summed E-state index contributed by atoms with van der Waals surface area (Å²) in [6.45, 7) is 0. The number of methoxy groups -OCH3 is 1. The van der Waals surface area contributed by atoms with Crippen molar-refractivity contribution < 1.29 is 29.6 Å². The van der Waals surface area contributed by atoms with Crippen molar-refractivity contribution in [3.8, 4) is 0 Å². The van der Waals surface area contributed by atoms with E-state index < -0.39 is 42.6 Å². The monoisotopic (exact) mass is 325 g/mol. The number of aliphatic hydroxyl groups excluding tert-OH is 3. The molecule has 1 heterocycles. The van der Waals surface area contributed by atoms with Gasteiger partial charge in [-0.15, -0.1) is 0 Å². The Morgan fingerprint density at radius 2 is 1.74 bits per heavy atom. The molecule has 0 aliphatic carbocycles. The van der Waals surface area contributed by atoms with Crippen molar-refractivity contribution in [1.29, 1.82) is 0 Å². The minimum atomic E-state index is -1.70. The van der Waals surface area contributed by atoms with Crippen LogP contribution < -0.4 is 16.0 Å². The fourth-order valence-corrected chi connectivity index (χ4v) is 2.48. The molecule has 1 saturated heterocycles. The van der Waals surface area contributed by atoms with Crippen molar-refractivity contribution in [3.63, 3.8) is 0 Å². The number of carbonyl (C=O) groups excluding carboxylic acids is 2. The lowest BCUT2D eigenvalue weighted by Crippen LogP contribution is -2.76. The first-order chi connectivity index (χ1) is 10.9. The van der Waals surface area contributed by atoms with Gasteiger partial charge in [-0.25, -0.2) is 0 Å². The number of ether oxygens (including phenoxy) is 1. The number of hydrogen-bond acceptors (Lipinski definition) is 8. The highest BCUT2D eigenvalue weighted by Gasteiger charge is 2.51. The summed E-state index contributed by atoms with van der Waals surface area (Å²) < 4.78 is 4.42. The first-order valence-corrected chi connectivity index (χ1v) is 6.90. The van der Waals surface area contributed by atoms with Gasteiger partial charge in [-0.3, -0.25) is 20.2 Å². The van der Waals surface area contributed by atoms with Crippen molar-refractivity contribution in [3.05, 3.63) is 35.9 Å². The average molecular weight is 325 g/mol. The molecule has 9 nitrogen and oxygen atoms in total. The Labute approximate surface area is 132 Å². The van der Waals surface area contributed by atoms with Crippen molar-refractivity contribution >= 4 is 11.9 Å². The molecule has 1 aromatic carbocycles. The van der Waals surface area contributed by atoms with Crippen LogP contribution in [0.5, 0.6) is 0 Å². The van der Waals surface area contributed by atoms with Crippen molar-refractivity contribution in [2.45, 2.75) is 30.8 Å². The number of benzene rings is 1. The van der Waals surface area contributed by atoms with Gasteiger partial charge in [-0.1, -0.05) is 30.3 Å². The van der Waals surface area contributed by atoms with Crippen LogP contribution in [-0.4, -0.2) is 53.1 Å². The molecule has 2 rings (SSSR count). The molecular formula is C14H19N3O6. The number of hydrogen-bond donors (Lipinski definition) is 6. The highest BCUT2D eigenvalue weighted by atomic mass is 16.5. The van der Waals surface area contributed by atoms with E-state index >= 15 is 0 Å². The molecule has 0 spiro atoms. The predicted octanol–water partition coefficient (Wildman–Crippen LogP) is -2.33. The molecule has 6 N–H and O–H groups in total. The van der Waals surface area contributed by atoms with E-state index in [-0.39, 0.29) is 0 Å². The average Bonchev–Trinajstić information content (AvgIpc) is 2.51. The molecule has 1 amide bonds. The van der Waals surface area contributed by atoms with Gasteiger partial charge in [-0.05, 0) is 5.56 Å². The smallest absolute Gasteiger partial charge is 0.315 e. The van der Waals surface area contributed by atoms with Crippen LogP contribution in [0, 0.1) is 0 Å². The molecule has 9 heteroatoms. The van der Waals surface area contributed by atoms with Gasteiger partial charge >= 0.3 is 5.97 Å². The zero-order valence-corrected chi connectivity index (χ0v) is 12.4. The quantitative estimate of drug-likeness (QED) is 0.267. The van der Waals surface area contributed by atoms with E-state index in [1.165, 1.54) is 0 Å². The van der Waals surface area contributed by atoms with E-state index in [9.17, 15) is 24.9 Å². The van der Waals surface area contributed by atoms with E-state index in [4.69, 9.17) is 0 Å². The van der Waals surface area contributed by atoms with Gasteiger partial charge in [-0.2, -0.15) is 0 Å². The molecule has 1 fully saturated rings. The molecule has 0 saturated carbocycles. The summed E-state index contributed by atoms with van der Waals surface area (Å²) in [6, 6.07) is 8.23. The summed E-state index contributed by atoms with van der Waals surface area (Å²) in [5.74, 6) is -1.51. The largest absolute Gasteiger partial charge is 0.469 e. The molecule has 2 unspecified atom stereocenters. The zero-order chi connectivity index (χ0) is 17.0. The Hall–Kier alpha value is -2.04. The first kappa shape index (κ1) is 17.3. The van der Waals surface area contributed by atoms with Gasteiger partial charge in [0.1, 0.15) is 24.4 Å². The van der Waals surface area contributed by atoms with E-state index in [0.29, 0.717) is 5.56 Å². The molecule has 23 heavy (non-hydrogen) atoms. The Balaban J connectivity index is 2.36. The van der Waals surface area contributed by atoms with Gasteiger partial charge in [0.25, 0.3) is 0 Å². The summed E-state index contributed by atoms with van der Waals surface area (Å²) in [4.78, 5) is 23.3. The molecule has 126 valence electrons. The molecule has 1 aliphatic heterocycles. The SMILES string of the molecule is COC(=O)CC(=O)NC1(c2ccccc2)C(O)NC(O)NC1O. The lowest BCUT2D eigenvalue weighted by atomic mass is 9.84. The van der Waals surface area contributed by atoms with Crippen LogP contribution in [0.15, 0.2) is 30.3 Å². The fourth-order valence-electron chi connectivity index (χ4n) is 2.48. The number of carbonyl (C=O) groups is 2. The predicted molar refractivity (Wildman–Crippen MR) is 77.2 cm³/mol. The maximum absolute atomic E-state index is 12.1. The highest BCUT2D eigenvalue weighted by molar-refractivity contribution is 5.94. The van der Waals surface area contributed by atoms with Crippen LogP contribution in [0.3, 0.4) is 0 Å². The maximum Gasteiger partial charge on any atom is 0.315 e. The Morgan fingerprint density at radius 1 is 1.17 bits per heavy atom. The van der Waals surface area contributed by atoms with Gasteiger partial charge in [0.05, 0.1) is 7.11 Å². The van der Waals surface area contributed by atoms with Crippen molar-refractivity contribution in [2.24, 2.45) is 0 Å². The van der Waals surface area contributed by atoms with E-state index in [1.54, 1.807) is 30.3 Å². The van der Waals surface area contributed by atoms with Crippen LogP contribution in [0.2, 0.25) is 0 Å². The third kappa shape index (κ3) is 3.49. The van der Waals surface area contributed by atoms with Crippen LogP contribution in [0.1, 0.15) is 12.0 Å². The summed E-state index contributed by atoms with van der Waals surface area (Å²) in [5, 5.41) is 37.4. The molecule has 1 aromatic rings. The zero-order valence-electron chi connectivity index (χ0n) is 12.4. The standard InChI is InChI=1S/C14H19N3O6/c1-23-10(19)7-9(18)17-14(8-5-3-2-4-6-8)11(20)15-13(22)16-12(14)21/h2-6,11-13,15-16,20-22H,7H2,1H3,(H,17,18). The molecule has 0 radical (unpaired) electrons. The summed E-state index contributed by atoms with van der Waals surface area (Å²) in [6.07, 6.45) is -4.97. The lowest BCUT2D eigenvalue weighted by molar-refractivity contribution is -0.162. The first-order valence-electron chi connectivity index (χ1n) is 6.90. The van der Waals surface area contributed by atoms with Gasteiger partial charge in [0.2, 0.25) is 5.91 Å². The van der Waals surface area contributed by atoms with Gasteiger partial charge in [0, 0.05) is 0 Å². The fraction of sp³-hybridized carbons (Fsp3) is 0.429. The number of aliphatic hydroxyl groups is 3. The van der Waals surface area contributed by atoms with E-state index in [1.807, 2.05) is 0 Å². The minimum Gasteiger partial charge on any atom is -0.469 e. The second kappa shape index (κ2) is 7.02. The summed E-state index contributed by atoms with van der Waals surface area (Å²) in [5.41, 5.74) is -1.32. The number of rotatable bonds is 4. The van der Waals surface area contributed by atoms with E-state index in [0.717, 1.165) is 7.11 Å². The third-order valence-corrected chi connectivity index (χ3v) is 3.62. The van der Waals surface area contributed by atoms with Crippen LogP contribution >= 0.6 is 0 Å². The topological polar surface area (TPSA) is 140 Å². The molecule has 2 atom stereocenters. The Morgan fingerprint density at radius 3 is 2.26 bits per heavy atom. The molecule has 1 aliphatic rings. The Bertz CT molecular complexity index is 555. The van der Waals surface area contributed by atoms with Crippen molar-refractivity contribution in [2.75, 3.05) is 7.11 Å². The number of nitrogens with one attached hydrogen (secondary N) is 3. The van der Waals surface area contributed by atoms with E-state index in [2.05, 4.69) is 20.7 Å². The molecular weight excluding hydrogens is 306 g/mol. The minimum absolute atomic E-state index is 0.380. The van der Waals surface area contributed by atoms with Gasteiger partial charge < -0.3 is 25.4 Å². The second-order valence-corrected chi connectivity index (χ2v) is 5.08. The Kier molecular flexibility index (Phi) is 5.29. The van der Waals surface area contributed by atoms with Crippen LogP contribution in [0.4, 0.5) is 0 Å². The normalized spacial score (nSPS) is 30.5. The number of amides is 1. The van der Waals surface area contributed by atoms with Gasteiger partial charge in [0.15, 0.2) is 6.35 Å². The second-order valence-electron chi connectivity index (χ2n) is 5.08. The lowest BCUT2D eigenvalue weighted by Gasteiger charge is -2.47. The molecule has 0 bridgehead atoms.